The van der Waals surface area contributed by atoms with Crippen LogP contribution in [0.3, 0.4) is 0 Å². The van der Waals surface area contributed by atoms with Gasteiger partial charge in [-0.2, -0.15) is 0 Å². The Morgan fingerprint density at radius 3 is 2.87 bits per heavy atom. The van der Waals surface area contributed by atoms with E-state index in [9.17, 15) is 4.79 Å². The fourth-order valence-electron chi connectivity index (χ4n) is 2.49. The number of nitrogens with zero attached hydrogens (tertiary/aromatic N) is 1. The molecular weight excluding hydrogens is 296 g/mol. The first kappa shape index (κ1) is 15.6. The number of amides is 1. The number of benzene rings is 1. The predicted molar refractivity (Wildman–Crippen MR) is 83.6 cm³/mol. The van der Waals surface area contributed by atoms with E-state index in [1.165, 1.54) is 0 Å². The Morgan fingerprint density at radius 1 is 1.39 bits per heavy atom. The van der Waals surface area contributed by atoms with Gasteiger partial charge in [0.1, 0.15) is 17.6 Å². The summed E-state index contributed by atoms with van der Waals surface area (Å²) < 4.78 is 16.0. The molecule has 0 spiro atoms. The second kappa shape index (κ2) is 6.83. The zero-order chi connectivity index (χ0) is 16.2. The zero-order valence-electron chi connectivity index (χ0n) is 13.2. The summed E-state index contributed by atoms with van der Waals surface area (Å²) in [5, 5.41) is 6.67. The minimum atomic E-state index is -0.301. The molecule has 1 saturated carbocycles. The lowest BCUT2D eigenvalue weighted by molar-refractivity contribution is 0.0812. The number of hydrogen-bond donors (Lipinski definition) is 1. The van der Waals surface area contributed by atoms with E-state index in [2.05, 4.69) is 10.5 Å². The maximum absolute atomic E-state index is 12.2. The third-order valence-electron chi connectivity index (χ3n) is 3.96. The van der Waals surface area contributed by atoms with E-state index in [0.717, 1.165) is 29.9 Å². The van der Waals surface area contributed by atoms with Gasteiger partial charge in [0.05, 0.1) is 7.11 Å². The topological polar surface area (TPSA) is 73.6 Å². The molecule has 6 nitrogen and oxygen atoms in total. The van der Waals surface area contributed by atoms with Crippen molar-refractivity contribution in [3.8, 4) is 5.75 Å². The molecule has 1 aromatic heterocycles. The average Bonchev–Trinajstić information content (AvgIpc) is 3.32. The molecule has 1 aliphatic rings. The van der Waals surface area contributed by atoms with Gasteiger partial charge in [0.2, 0.25) is 0 Å². The van der Waals surface area contributed by atoms with Crippen LogP contribution in [0.2, 0.25) is 0 Å². The van der Waals surface area contributed by atoms with Crippen LogP contribution in [0.15, 0.2) is 34.9 Å². The van der Waals surface area contributed by atoms with Gasteiger partial charge in [-0.15, -0.1) is 0 Å². The number of hydrogen-bond acceptors (Lipinski definition) is 5. The zero-order valence-corrected chi connectivity index (χ0v) is 13.2. The van der Waals surface area contributed by atoms with Crippen molar-refractivity contribution in [3.05, 3.63) is 47.3 Å². The van der Waals surface area contributed by atoms with Gasteiger partial charge >= 0.3 is 0 Å². The normalized spacial score (nSPS) is 15.2. The molecule has 1 aromatic carbocycles. The lowest BCUT2D eigenvalue weighted by Gasteiger charge is -2.18. The Kier molecular flexibility index (Phi) is 4.62. The minimum Gasteiger partial charge on any atom is -0.496 e. The van der Waals surface area contributed by atoms with Crippen LogP contribution < -0.4 is 10.1 Å². The van der Waals surface area contributed by atoms with Crippen LogP contribution in [0.4, 0.5) is 0 Å². The molecule has 23 heavy (non-hydrogen) atoms. The van der Waals surface area contributed by atoms with Crippen molar-refractivity contribution in [2.24, 2.45) is 0 Å². The second-order valence-electron chi connectivity index (χ2n) is 5.57. The Bertz CT molecular complexity index is 679. The van der Waals surface area contributed by atoms with Crippen molar-refractivity contribution in [2.75, 3.05) is 20.8 Å². The monoisotopic (exact) mass is 316 g/mol. The lowest BCUT2D eigenvalue weighted by atomic mass is 10.1. The van der Waals surface area contributed by atoms with Crippen molar-refractivity contribution < 1.29 is 18.8 Å². The summed E-state index contributed by atoms with van der Waals surface area (Å²) in [6.45, 7) is 0.321. The van der Waals surface area contributed by atoms with Gasteiger partial charge in [0, 0.05) is 31.2 Å². The SMILES string of the molecule is COc1ccccc1[C@@H](CNC(=O)c1cc(C2CC2)on1)OC. The Hall–Kier alpha value is -2.34. The highest BCUT2D eigenvalue weighted by atomic mass is 16.5. The molecule has 3 rings (SSSR count). The van der Waals surface area contributed by atoms with Crippen molar-refractivity contribution in [2.45, 2.75) is 24.9 Å². The van der Waals surface area contributed by atoms with Crippen molar-refractivity contribution in [3.63, 3.8) is 0 Å². The van der Waals surface area contributed by atoms with Crippen molar-refractivity contribution >= 4 is 5.91 Å². The molecule has 1 N–H and O–H groups in total. The molecule has 122 valence electrons. The molecule has 0 unspecified atom stereocenters. The summed E-state index contributed by atoms with van der Waals surface area (Å²) in [6.07, 6.45) is 1.91. The summed E-state index contributed by atoms with van der Waals surface area (Å²) in [5.74, 6) is 1.69. The number of aromatic nitrogens is 1. The first-order valence-electron chi connectivity index (χ1n) is 7.63. The third kappa shape index (κ3) is 3.53. The molecule has 1 fully saturated rings. The molecular formula is C17H20N2O4. The van der Waals surface area contributed by atoms with E-state index in [-0.39, 0.29) is 12.0 Å². The summed E-state index contributed by atoms with van der Waals surface area (Å²) in [5.41, 5.74) is 1.19. The second-order valence-corrected chi connectivity index (χ2v) is 5.57. The molecule has 1 heterocycles. The Morgan fingerprint density at radius 2 is 2.17 bits per heavy atom. The van der Waals surface area contributed by atoms with Crippen LogP contribution in [-0.4, -0.2) is 31.8 Å². The Balaban J connectivity index is 1.63. The van der Waals surface area contributed by atoms with Crippen molar-refractivity contribution in [1.82, 2.24) is 10.5 Å². The van der Waals surface area contributed by atoms with Gasteiger partial charge in [-0.1, -0.05) is 23.4 Å². The van der Waals surface area contributed by atoms with Crippen LogP contribution in [-0.2, 0) is 4.74 Å². The molecule has 0 bridgehead atoms. The van der Waals surface area contributed by atoms with Gasteiger partial charge in [0.25, 0.3) is 5.91 Å². The fourth-order valence-corrected chi connectivity index (χ4v) is 2.49. The molecule has 6 heteroatoms. The quantitative estimate of drug-likeness (QED) is 0.850. The summed E-state index contributed by atoms with van der Waals surface area (Å²) in [7, 11) is 3.21. The van der Waals surface area contributed by atoms with E-state index < -0.39 is 0 Å². The maximum atomic E-state index is 12.2. The van der Waals surface area contributed by atoms with Gasteiger partial charge < -0.3 is 19.3 Å². The van der Waals surface area contributed by atoms with Crippen LogP contribution in [0.5, 0.6) is 5.75 Å². The van der Waals surface area contributed by atoms with Gasteiger partial charge in [0.15, 0.2) is 5.69 Å². The smallest absolute Gasteiger partial charge is 0.273 e. The van der Waals surface area contributed by atoms with Crippen molar-refractivity contribution in [1.29, 1.82) is 0 Å². The van der Waals surface area contributed by atoms with E-state index in [1.807, 2.05) is 24.3 Å². The molecule has 1 atom stereocenters. The first-order valence-corrected chi connectivity index (χ1v) is 7.63. The molecule has 0 radical (unpaired) electrons. The van der Waals surface area contributed by atoms with Crippen LogP contribution >= 0.6 is 0 Å². The number of carbonyl (C=O) groups excluding carboxylic acids is 1. The van der Waals surface area contributed by atoms with E-state index >= 15 is 0 Å². The molecule has 1 aliphatic carbocycles. The van der Waals surface area contributed by atoms with E-state index in [0.29, 0.717) is 18.2 Å². The highest BCUT2D eigenvalue weighted by Gasteiger charge is 2.29. The van der Waals surface area contributed by atoms with Gasteiger partial charge in [-0.25, -0.2) is 0 Å². The van der Waals surface area contributed by atoms with Crippen LogP contribution in [0.1, 0.15) is 46.7 Å². The van der Waals surface area contributed by atoms with Gasteiger partial charge in [-0.05, 0) is 18.9 Å². The van der Waals surface area contributed by atoms with Crippen LogP contribution in [0, 0.1) is 0 Å². The molecule has 1 amide bonds. The number of para-hydroxylation sites is 1. The Labute approximate surface area is 134 Å². The van der Waals surface area contributed by atoms with E-state index in [4.69, 9.17) is 14.0 Å². The largest absolute Gasteiger partial charge is 0.496 e. The highest BCUT2D eigenvalue weighted by molar-refractivity contribution is 5.92. The average molecular weight is 316 g/mol. The maximum Gasteiger partial charge on any atom is 0.273 e. The standard InChI is InChI=1S/C17H20N2O4/c1-21-14-6-4-3-5-12(14)16(22-2)10-18-17(20)13-9-15(23-19-13)11-7-8-11/h3-6,9,11,16H,7-8,10H2,1-2H3,(H,18,20)/t16-/m1/s1. The van der Waals surface area contributed by atoms with Gasteiger partial charge in [-0.3, -0.25) is 4.79 Å². The number of ether oxygens (including phenoxy) is 2. The molecule has 0 aliphatic heterocycles. The summed E-state index contributed by atoms with van der Waals surface area (Å²) in [4.78, 5) is 12.2. The minimum absolute atomic E-state index is 0.266. The molecule has 0 saturated heterocycles. The highest BCUT2D eigenvalue weighted by Crippen LogP contribution is 2.40. The number of rotatable bonds is 7. The third-order valence-corrected chi connectivity index (χ3v) is 3.96. The van der Waals surface area contributed by atoms with Crippen LogP contribution in [0.25, 0.3) is 0 Å². The summed E-state index contributed by atoms with van der Waals surface area (Å²) >= 11 is 0. The van der Waals surface area contributed by atoms with E-state index in [1.54, 1.807) is 20.3 Å². The lowest BCUT2D eigenvalue weighted by Crippen LogP contribution is -2.29. The summed E-state index contributed by atoms with van der Waals surface area (Å²) in [6, 6.07) is 9.30. The molecule has 2 aromatic rings. The number of nitrogens with one attached hydrogen (secondary N) is 1. The number of methoxy groups -OCH3 is 2. The predicted octanol–water partition coefficient (Wildman–Crippen LogP) is 2.68. The first-order chi connectivity index (χ1) is 11.2. The fraction of sp³-hybridized carbons (Fsp3) is 0.412. The number of carbonyl (C=O) groups is 1.